The van der Waals surface area contributed by atoms with Gasteiger partial charge in [-0.25, -0.2) is 0 Å². The zero-order valence-electron chi connectivity index (χ0n) is 12.9. The fraction of sp³-hybridized carbons (Fsp3) is 0.588. The second-order valence-corrected chi connectivity index (χ2v) is 6.48. The van der Waals surface area contributed by atoms with Gasteiger partial charge < -0.3 is 0 Å². The first kappa shape index (κ1) is 15.2. The SMILES string of the molecule is CC(=O)C(C)(C)CN1CCN(Cc2ccccc2)CC1. The number of benzene rings is 1. The van der Waals surface area contributed by atoms with Gasteiger partial charge in [0, 0.05) is 44.7 Å². The lowest BCUT2D eigenvalue weighted by Crippen LogP contribution is -2.49. The first-order valence-electron chi connectivity index (χ1n) is 7.47. The van der Waals surface area contributed by atoms with Gasteiger partial charge in [-0.15, -0.1) is 0 Å². The molecule has 20 heavy (non-hydrogen) atoms. The summed E-state index contributed by atoms with van der Waals surface area (Å²) in [6, 6.07) is 10.6. The number of hydrogen-bond donors (Lipinski definition) is 0. The molecule has 0 bridgehead atoms. The van der Waals surface area contributed by atoms with Crippen molar-refractivity contribution in [3.8, 4) is 0 Å². The minimum Gasteiger partial charge on any atom is -0.300 e. The van der Waals surface area contributed by atoms with E-state index in [9.17, 15) is 4.79 Å². The van der Waals surface area contributed by atoms with Crippen molar-refractivity contribution in [2.24, 2.45) is 5.41 Å². The Labute approximate surface area is 122 Å². The van der Waals surface area contributed by atoms with Gasteiger partial charge in [0.05, 0.1) is 0 Å². The minimum absolute atomic E-state index is 0.221. The Balaban J connectivity index is 1.79. The smallest absolute Gasteiger partial charge is 0.136 e. The number of piperazine rings is 1. The van der Waals surface area contributed by atoms with Crippen LogP contribution in [0.2, 0.25) is 0 Å². The summed E-state index contributed by atoms with van der Waals surface area (Å²) in [5.41, 5.74) is 1.16. The molecule has 2 rings (SSSR count). The maximum absolute atomic E-state index is 11.6. The van der Waals surface area contributed by atoms with Crippen LogP contribution in [0.25, 0.3) is 0 Å². The van der Waals surface area contributed by atoms with Gasteiger partial charge >= 0.3 is 0 Å². The highest BCUT2D eigenvalue weighted by Crippen LogP contribution is 2.19. The van der Waals surface area contributed by atoms with Crippen molar-refractivity contribution in [1.82, 2.24) is 9.80 Å². The van der Waals surface area contributed by atoms with Crippen molar-refractivity contribution >= 4 is 5.78 Å². The van der Waals surface area contributed by atoms with Crippen LogP contribution >= 0.6 is 0 Å². The zero-order valence-corrected chi connectivity index (χ0v) is 12.9. The highest BCUT2D eigenvalue weighted by molar-refractivity contribution is 5.81. The average Bonchev–Trinajstić information content (AvgIpc) is 2.42. The number of ketones is 1. The predicted molar refractivity (Wildman–Crippen MR) is 82.6 cm³/mol. The summed E-state index contributed by atoms with van der Waals surface area (Å²) in [7, 11) is 0. The van der Waals surface area contributed by atoms with Crippen LogP contribution in [-0.4, -0.2) is 48.3 Å². The molecule has 1 aromatic rings. The summed E-state index contributed by atoms with van der Waals surface area (Å²) in [6.07, 6.45) is 0. The Morgan fingerprint density at radius 3 is 2.15 bits per heavy atom. The van der Waals surface area contributed by atoms with Gasteiger partial charge in [-0.2, -0.15) is 0 Å². The molecule has 0 radical (unpaired) electrons. The van der Waals surface area contributed by atoms with E-state index in [1.165, 1.54) is 5.56 Å². The van der Waals surface area contributed by atoms with Crippen LogP contribution in [0.4, 0.5) is 0 Å². The summed E-state index contributed by atoms with van der Waals surface area (Å²) < 4.78 is 0. The van der Waals surface area contributed by atoms with Crippen LogP contribution in [0.3, 0.4) is 0 Å². The van der Waals surface area contributed by atoms with E-state index in [0.717, 1.165) is 39.3 Å². The molecule has 1 heterocycles. The highest BCUT2D eigenvalue weighted by atomic mass is 16.1. The van der Waals surface area contributed by atoms with Crippen LogP contribution in [0.15, 0.2) is 30.3 Å². The molecule has 0 atom stereocenters. The first-order valence-corrected chi connectivity index (χ1v) is 7.47. The molecule has 110 valence electrons. The molecule has 0 aromatic heterocycles. The van der Waals surface area contributed by atoms with Crippen molar-refractivity contribution in [2.75, 3.05) is 32.7 Å². The minimum atomic E-state index is -0.221. The lowest BCUT2D eigenvalue weighted by Gasteiger charge is -2.38. The maximum atomic E-state index is 11.6. The number of rotatable bonds is 5. The van der Waals surface area contributed by atoms with Crippen LogP contribution in [-0.2, 0) is 11.3 Å². The molecule has 0 saturated carbocycles. The summed E-state index contributed by atoms with van der Waals surface area (Å²) in [6.45, 7) is 12.0. The fourth-order valence-electron chi connectivity index (χ4n) is 2.62. The van der Waals surface area contributed by atoms with Crippen LogP contribution in [0.1, 0.15) is 26.3 Å². The molecule has 1 aromatic carbocycles. The Morgan fingerprint density at radius 2 is 1.60 bits per heavy atom. The van der Waals surface area contributed by atoms with Crippen molar-refractivity contribution in [2.45, 2.75) is 27.3 Å². The molecular formula is C17H26N2O. The Kier molecular flexibility index (Phi) is 4.95. The van der Waals surface area contributed by atoms with E-state index in [1.807, 2.05) is 13.8 Å². The molecule has 1 fully saturated rings. The van der Waals surface area contributed by atoms with E-state index >= 15 is 0 Å². The second-order valence-electron chi connectivity index (χ2n) is 6.48. The topological polar surface area (TPSA) is 23.6 Å². The standard InChI is InChI=1S/C17H26N2O/c1-15(20)17(2,3)14-19-11-9-18(10-12-19)13-16-7-5-4-6-8-16/h4-8H,9-14H2,1-3H3. The molecule has 0 spiro atoms. The van der Waals surface area contributed by atoms with E-state index in [2.05, 4.69) is 40.1 Å². The summed E-state index contributed by atoms with van der Waals surface area (Å²) in [5.74, 6) is 0.282. The Bertz CT molecular complexity index is 434. The van der Waals surface area contributed by atoms with Crippen LogP contribution < -0.4 is 0 Å². The van der Waals surface area contributed by atoms with Gasteiger partial charge in [0.1, 0.15) is 5.78 Å². The van der Waals surface area contributed by atoms with E-state index in [1.54, 1.807) is 6.92 Å². The second kappa shape index (κ2) is 6.51. The Hall–Kier alpha value is -1.19. The van der Waals surface area contributed by atoms with E-state index < -0.39 is 0 Å². The third-order valence-corrected chi connectivity index (χ3v) is 4.29. The molecule has 1 saturated heterocycles. The third kappa shape index (κ3) is 4.15. The number of carbonyl (C=O) groups excluding carboxylic acids is 1. The van der Waals surface area contributed by atoms with Crippen LogP contribution in [0, 0.1) is 5.41 Å². The number of nitrogens with zero attached hydrogens (tertiary/aromatic N) is 2. The zero-order chi connectivity index (χ0) is 14.6. The molecule has 3 nitrogen and oxygen atoms in total. The van der Waals surface area contributed by atoms with Gasteiger partial charge in [0.25, 0.3) is 0 Å². The van der Waals surface area contributed by atoms with Gasteiger partial charge in [-0.05, 0) is 12.5 Å². The van der Waals surface area contributed by atoms with Crippen LogP contribution in [0.5, 0.6) is 0 Å². The van der Waals surface area contributed by atoms with E-state index in [0.29, 0.717) is 0 Å². The molecule has 0 N–H and O–H groups in total. The maximum Gasteiger partial charge on any atom is 0.136 e. The van der Waals surface area contributed by atoms with E-state index in [4.69, 9.17) is 0 Å². The lowest BCUT2D eigenvalue weighted by atomic mass is 9.88. The molecule has 0 amide bonds. The lowest BCUT2D eigenvalue weighted by molar-refractivity contribution is -0.126. The molecule has 1 aliphatic rings. The Morgan fingerprint density at radius 1 is 1.05 bits per heavy atom. The van der Waals surface area contributed by atoms with Crippen molar-refractivity contribution in [1.29, 1.82) is 0 Å². The summed E-state index contributed by atoms with van der Waals surface area (Å²) >= 11 is 0. The molecular weight excluding hydrogens is 248 g/mol. The van der Waals surface area contributed by atoms with E-state index in [-0.39, 0.29) is 11.2 Å². The predicted octanol–water partition coefficient (Wildman–Crippen LogP) is 2.42. The largest absolute Gasteiger partial charge is 0.300 e. The fourth-order valence-corrected chi connectivity index (χ4v) is 2.62. The first-order chi connectivity index (χ1) is 9.47. The van der Waals surface area contributed by atoms with Gasteiger partial charge in [-0.3, -0.25) is 14.6 Å². The summed E-state index contributed by atoms with van der Waals surface area (Å²) in [4.78, 5) is 16.5. The highest BCUT2D eigenvalue weighted by Gasteiger charge is 2.28. The number of carbonyl (C=O) groups is 1. The van der Waals surface area contributed by atoms with Crippen molar-refractivity contribution in [3.05, 3.63) is 35.9 Å². The quantitative estimate of drug-likeness (QED) is 0.824. The molecule has 0 aliphatic carbocycles. The normalized spacial score (nSPS) is 18.1. The van der Waals surface area contributed by atoms with Crippen molar-refractivity contribution in [3.63, 3.8) is 0 Å². The molecule has 1 aliphatic heterocycles. The van der Waals surface area contributed by atoms with Gasteiger partial charge in [0.2, 0.25) is 0 Å². The number of Topliss-reactive ketones (excluding diaryl/α,β-unsaturated/α-hetero) is 1. The molecule has 3 heteroatoms. The number of hydrogen-bond acceptors (Lipinski definition) is 3. The van der Waals surface area contributed by atoms with Gasteiger partial charge in [0.15, 0.2) is 0 Å². The third-order valence-electron chi connectivity index (χ3n) is 4.29. The monoisotopic (exact) mass is 274 g/mol. The summed E-state index contributed by atoms with van der Waals surface area (Å²) in [5, 5.41) is 0. The average molecular weight is 274 g/mol. The van der Waals surface area contributed by atoms with Gasteiger partial charge in [-0.1, -0.05) is 44.2 Å². The molecule has 0 unspecified atom stereocenters. The van der Waals surface area contributed by atoms with Crippen molar-refractivity contribution < 1.29 is 4.79 Å².